The molecule has 2 bridgehead atoms. The number of nitrogens with zero attached hydrogens (tertiary/aromatic N) is 1. The summed E-state index contributed by atoms with van der Waals surface area (Å²) >= 11 is 0. The first-order chi connectivity index (χ1) is 4.40. The zero-order chi connectivity index (χ0) is 6.27. The lowest BCUT2D eigenvalue weighted by molar-refractivity contribution is 0.454. The Morgan fingerprint density at radius 1 is 1.44 bits per heavy atom. The van der Waals surface area contributed by atoms with Crippen molar-refractivity contribution >= 4 is 0 Å². The molecule has 0 aliphatic heterocycles. The number of hydrogen-bond donors (Lipinski definition) is 0. The first-order valence-electron chi connectivity index (χ1n) is 3.63. The molecule has 3 atom stereocenters. The summed E-state index contributed by atoms with van der Waals surface area (Å²) in [5, 5.41) is 8.62. The molecule has 2 fully saturated rings. The Morgan fingerprint density at radius 2 is 2.33 bits per heavy atom. The Hall–Kier alpha value is -0.510. The summed E-state index contributed by atoms with van der Waals surface area (Å²) in [6.07, 6.45) is 6.06. The molecule has 0 amide bonds. The van der Waals surface area contributed by atoms with Gasteiger partial charge in [0.05, 0.1) is 6.07 Å². The van der Waals surface area contributed by atoms with Gasteiger partial charge in [0.2, 0.25) is 0 Å². The third-order valence-electron chi connectivity index (χ3n) is 2.67. The average Bonchev–Trinajstić information content (AvgIpc) is 2.45. The van der Waals surface area contributed by atoms with Crippen LogP contribution in [0.5, 0.6) is 0 Å². The van der Waals surface area contributed by atoms with Crippen LogP contribution in [0.3, 0.4) is 0 Å². The molecule has 0 spiro atoms. The van der Waals surface area contributed by atoms with E-state index in [1.54, 1.807) is 0 Å². The molecular formula is C8H10N. The van der Waals surface area contributed by atoms with Crippen molar-refractivity contribution in [2.75, 3.05) is 0 Å². The molecule has 0 aromatic carbocycles. The van der Waals surface area contributed by atoms with E-state index in [0.717, 1.165) is 18.3 Å². The molecule has 0 heterocycles. The van der Waals surface area contributed by atoms with E-state index in [2.05, 4.69) is 12.5 Å². The Kier molecular flexibility index (Phi) is 1.02. The highest BCUT2D eigenvalue weighted by molar-refractivity contribution is 5.06. The molecule has 1 radical (unpaired) electrons. The van der Waals surface area contributed by atoms with Crippen LogP contribution in [-0.2, 0) is 0 Å². The normalized spacial score (nSPS) is 47.2. The van der Waals surface area contributed by atoms with Gasteiger partial charge < -0.3 is 0 Å². The zero-order valence-electron chi connectivity index (χ0n) is 5.38. The second-order valence-electron chi connectivity index (χ2n) is 3.20. The van der Waals surface area contributed by atoms with Gasteiger partial charge >= 0.3 is 0 Å². The molecule has 1 nitrogen and oxygen atoms in total. The van der Waals surface area contributed by atoms with Crippen LogP contribution >= 0.6 is 0 Å². The van der Waals surface area contributed by atoms with Gasteiger partial charge in [-0.05, 0) is 37.5 Å². The van der Waals surface area contributed by atoms with Gasteiger partial charge in [0.25, 0.3) is 0 Å². The minimum atomic E-state index is 0.403. The van der Waals surface area contributed by atoms with Gasteiger partial charge in [0.1, 0.15) is 0 Å². The fraction of sp³-hybridized carbons (Fsp3) is 0.750. The molecular weight excluding hydrogens is 110 g/mol. The van der Waals surface area contributed by atoms with Crippen LogP contribution in [0.15, 0.2) is 0 Å². The van der Waals surface area contributed by atoms with Crippen molar-refractivity contribution in [3.8, 4) is 6.07 Å². The first kappa shape index (κ1) is 5.29. The van der Waals surface area contributed by atoms with E-state index in [1.165, 1.54) is 12.8 Å². The van der Waals surface area contributed by atoms with Gasteiger partial charge in [-0.15, -0.1) is 0 Å². The number of hydrogen-bond acceptors (Lipinski definition) is 1. The maximum atomic E-state index is 8.62. The Bertz CT molecular complexity index is 156. The first-order valence-corrected chi connectivity index (χ1v) is 3.63. The third kappa shape index (κ3) is 0.660. The minimum absolute atomic E-state index is 0.403. The van der Waals surface area contributed by atoms with Crippen LogP contribution in [0.2, 0.25) is 0 Å². The smallest absolute Gasteiger partial charge is 0.0658 e. The molecule has 0 saturated heterocycles. The van der Waals surface area contributed by atoms with Crippen molar-refractivity contribution in [2.24, 2.45) is 17.8 Å². The van der Waals surface area contributed by atoms with Crippen LogP contribution in [0.25, 0.3) is 0 Å². The highest BCUT2D eigenvalue weighted by Gasteiger charge is 2.39. The summed E-state index contributed by atoms with van der Waals surface area (Å²) in [4.78, 5) is 0. The van der Waals surface area contributed by atoms with Crippen LogP contribution < -0.4 is 0 Å². The lowest BCUT2D eigenvalue weighted by Gasteiger charge is -2.12. The molecule has 1 heteroatoms. The molecule has 0 N–H and O–H groups in total. The van der Waals surface area contributed by atoms with E-state index < -0.39 is 0 Å². The predicted molar refractivity (Wildman–Crippen MR) is 34.2 cm³/mol. The summed E-state index contributed by atoms with van der Waals surface area (Å²) in [5.41, 5.74) is 0. The van der Waals surface area contributed by atoms with Gasteiger partial charge in [0.15, 0.2) is 0 Å². The van der Waals surface area contributed by atoms with Gasteiger partial charge in [-0.1, -0.05) is 0 Å². The van der Waals surface area contributed by atoms with Gasteiger partial charge in [0, 0.05) is 5.92 Å². The fourth-order valence-corrected chi connectivity index (χ4v) is 2.15. The lowest BCUT2D eigenvalue weighted by Crippen LogP contribution is -2.07. The number of fused-ring (bicyclic) bond motifs is 2. The number of nitriles is 1. The third-order valence-corrected chi connectivity index (χ3v) is 2.67. The predicted octanol–water partition coefficient (Wildman–Crippen LogP) is 1.76. The zero-order valence-corrected chi connectivity index (χ0v) is 5.38. The van der Waals surface area contributed by atoms with Crippen LogP contribution in [0.4, 0.5) is 0 Å². The van der Waals surface area contributed by atoms with E-state index in [0.29, 0.717) is 5.92 Å². The largest absolute Gasteiger partial charge is 0.198 e. The highest BCUT2D eigenvalue weighted by atomic mass is 14.4. The maximum absolute atomic E-state index is 8.62. The maximum Gasteiger partial charge on any atom is 0.0658 e. The van der Waals surface area contributed by atoms with Crippen LogP contribution in [0.1, 0.15) is 19.3 Å². The quantitative estimate of drug-likeness (QED) is 0.478. The Labute approximate surface area is 55.7 Å². The molecule has 2 rings (SSSR count). The Balaban J connectivity index is 2.12. The topological polar surface area (TPSA) is 23.8 Å². The summed E-state index contributed by atoms with van der Waals surface area (Å²) in [7, 11) is 0. The standard InChI is InChI=1S/C8H10N/c9-5-8-4-6-1-2-7(8)3-6/h1,6-8H,2-4H2. The van der Waals surface area contributed by atoms with Crippen LogP contribution in [-0.4, -0.2) is 0 Å². The minimum Gasteiger partial charge on any atom is -0.198 e. The van der Waals surface area contributed by atoms with Crippen molar-refractivity contribution in [3.63, 3.8) is 0 Å². The monoisotopic (exact) mass is 120 g/mol. The molecule has 3 unspecified atom stereocenters. The van der Waals surface area contributed by atoms with E-state index >= 15 is 0 Å². The molecule has 0 aromatic heterocycles. The number of rotatable bonds is 0. The van der Waals surface area contributed by atoms with Gasteiger partial charge in [-0.25, -0.2) is 0 Å². The summed E-state index contributed by atoms with van der Waals surface area (Å²) < 4.78 is 0. The lowest BCUT2D eigenvalue weighted by atomic mass is 9.90. The molecule has 0 aromatic rings. The summed E-state index contributed by atoms with van der Waals surface area (Å²) in [5.74, 6) is 1.94. The van der Waals surface area contributed by atoms with Crippen molar-refractivity contribution in [1.82, 2.24) is 0 Å². The second kappa shape index (κ2) is 1.73. The van der Waals surface area contributed by atoms with E-state index in [4.69, 9.17) is 5.26 Å². The average molecular weight is 120 g/mol. The SMILES string of the molecule is N#CC1CC2[CH]CC1C2. The Morgan fingerprint density at radius 3 is 2.67 bits per heavy atom. The fourth-order valence-electron chi connectivity index (χ4n) is 2.15. The summed E-state index contributed by atoms with van der Waals surface area (Å²) in [6.45, 7) is 0. The van der Waals surface area contributed by atoms with Crippen LogP contribution in [0, 0.1) is 35.5 Å². The molecule has 2 aliphatic carbocycles. The molecule has 9 heavy (non-hydrogen) atoms. The van der Waals surface area contributed by atoms with E-state index in [9.17, 15) is 0 Å². The van der Waals surface area contributed by atoms with E-state index in [-0.39, 0.29) is 0 Å². The van der Waals surface area contributed by atoms with Gasteiger partial charge in [-0.3, -0.25) is 0 Å². The van der Waals surface area contributed by atoms with E-state index in [1.807, 2.05) is 0 Å². The van der Waals surface area contributed by atoms with Gasteiger partial charge in [-0.2, -0.15) is 5.26 Å². The molecule has 47 valence electrons. The summed E-state index contributed by atoms with van der Waals surface area (Å²) in [6, 6.07) is 2.38. The van der Waals surface area contributed by atoms with Crippen molar-refractivity contribution in [1.29, 1.82) is 5.26 Å². The molecule has 2 aliphatic rings. The molecule has 2 saturated carbocycles. The highest BCUT2D eigenvalue weighted by Crippen LogP contribution is 2.47. The van der Waals surface area contributed by atoms with Crippen molar-refractivity contribution in [2.45, 2.75) is 19.3 Å². The second-order valence-corrected chi connectivity index (χ2v) is 3.20. The van der Waals surface area contributed by atoms with Crippen molar-refractivity contribution in [3.05, 3.63) is 6.42 Å². The van der Waals surface area contributed by atoms with Crippen molar-refractivity contribution < 1.29 is 0 Å².